The average molecular weight is 504 g/mol. The van der Waals surface area contributed by atoms with Gasteiger partial charge in [0.05, 0.1) is 15.7 Å². The Kier molecular flexibility index (Phi) is 6.51. The molecule has 0 aliphatic carbocycles. The van der Waals surface area contributed by atoms with Crippen LogP contribution < -0.4 is 10.2 Å². The maximum absolute atomic E-state index is 14.0. The summed E-state index contributed by atoms with van der Waals surface area (Å²) in [5.41, 5.74) is 1.51. The fourth-order valence-electron chi connectivity index (χ4n) is 3.33. The lowest BCUT2D eigenvalue weighted by Crippen LogP contribution is -2.54. The first-order valence-corrected chi connectivity index (χ1v) is 10.8. The number of benzene rings is 3. The molecule has 5 nitrogen and oxygen atoms in total. The van der Waals surface area contributed by atoms with E-state index in [1.165, 1.54) is 30.3 Å². The summed E-state index contributed by atoms with van der Waals surface area (Å²) in [5, 5.41) is 2.88. The lowest BCUT2D eigenvalue weighted by Gasteiger charge is -2.26. The molecule has 0 bridgehead atoms. The number of halogens is 4. The highest BCUT2D eigenvalue weighted by Crippen LogP contribution is 2.30. The van der Waals surface area contributed by atoms with Crippen molar-refractivity contribution in [2.45, 2.75) is 6.42 Å². The summed E-state index contributed by atoms with van der Waals surface area (Å²) in [6.07, 6.45) is 1.61. The summed E-state index contributed by atoms with van der Waals surface area (Å²) in [5.74, 6) is -2.00. The Morgan fingerprint density at radius 1 is 0.848 bits per heavy atom. The summed E-state index contributed by atoms with van der Waals surface area (Å²) in [4.78, 5) is 38.5. The van der Waals surface area contributed by atoms with Gasteiger partial charge in [-0.1, -0.05) is 65.1 Å². The second-order valence-electron chi connectivity index (χ2n) is 7.18. The predicted octanol–water partition coefficient (Wildman–Crippen LogP) is 6.04. The smallest absolute Gasteiger partial charge is 0.273 e. The Morgan fingerprint density at radius 3 is 2.30 bits per heavy atom. The third-order valence-electron chi connectivity index (χ3n) is 4.99. The van der Waals surface area contributed by atoms with Crippen molar-refractivity contribution in [3.63, 3.8) is 0 Å². The molecule has 3 aromatic carbocycles. The largest absolute Gasteiger partial charge is 0.335 e. The number of nitrogens with zero attached hydrogens (tertiary/aromatic N) is 1. The van der Waals surface area contributed by atoms with Gasteiger partial charge in [-0.3, -0.25) is 14.9 Å². The molecule has 1 N–H and O–H groups in total. The van der Waals surface area contributed by atoms with Gasteiger partial charge in [-0.2, -0.15) is 0 Å². The third kappa shape index (κ3) is 4.78. The van der Waals surface area contributed by atoms with Gasteiger partial charge < -0.3 is 0 Å². The molecule has 166 valence electrons. The van der Waals surface area contributed by atoms with E-state index in [1.54, 1.807) is 36.4 Å². The lowest BCUT2D eigenvalue weighted by atomic mass is 10.0. The highest BCUT2D eigenvalue weighted by molar-refractivity contribution is 6.43. The summed E-state index contributed by atoms with van der Waals surface area (Å²) in [6.45, 7) is 0. The molecule has 0 saturated carbocycles. The highest BCUT2D eigenvalue weighted by atomic mass is 35.5. The minimum absolute atomic E-state index is 0.148. The van der Waals surface area contributed by atoms with Gasteiger partial charge in [0.1, 0.15) is 11.4 Å². The molecule has 0 radical (unpaired) electrons. The van der Waals surface area contributed by atoms with Gasteiger partial charge in [-0.15, -0.1) is 0 Å². The van der Waals surface area contributed by atoms with Crippen LogP contribution in [-0.2, 0) is 16.0 Å². The molecule has 4 rings (SSSR count). The minimum atomic E-state index is -0.904. The van der Waals surface area contributed by atoms with Crippen molar-refractivity contribution in [3.8, 4) is 0 Å². The van der Waals surface area contributed by atoms with Crippen molar-refractivity contribution in [2.24, 2.45) is 0 Å². The molecule has 1 saturated heterocycles. The number of barbiturate groups is 1. The van der Waals surface area contributed by atoms with Gasteiger partial charge in [0.15, 0.2) is 0 Å². The molecule has 3 aromatic rings. The lowest BCUT2D eigenvalue weighted by molar-refractivity contribution is -0.122. The Hall–Kier alpha value is -3.19. The number of imide groups is 2. The summed E-state index contributed by atoms with van der Waals surface area (Å²) in [6, 6.07) is 14.6. The van der Waals surface area contributed by atoms with Crippen molar-refractivity contribution in [2.75, 3.05) is 4.90 Å². The monoisotopic (exact) mass is 502 g/mol. The molecule has 0 spiro atoms. The number of rotatable bonds is 4. The predicted molar refractivity (Wildman–Crippen MR) is 126 cm³/mol. The van der Waals surface area contributed by atoms with E-state index in [0.717, 1.165) is 4.90 Å². The van der Waals surface area contributed by atoms with Gasteiger partial charge in [0, 0.05) is 11.4 Å². The quantitative estimate of drug-likeness (QED) is 0.348. The van der Waals surface area contributed by atoms with Crippen LogP contribution in [0.4, 0.5) is 14.9 Å². The Bertz CT molecular complexity index is 1340. The van der Waals surface area contributed by atoms with E-state index in [1.807, 2.05) is 0 Å². The van der Waals surface area contributed by atoms with E-state index < -0.39 is 17.8 Å². The molecule has 1 aliphatic rings. The topological polar surface area (TPSA) is 66.5 Å². The SMILES string of the molecule is O=C1NC(=O)N(c2ccc(Cl)c(Cl)c2)C(=O)/C1=C/c1ccc(Cc2ccccc2F)c(Cl)c1. The van der Waals surface area contributed by atoms with Crippen LogP contribution in [0, 0.1) is 5.82 Å². The fraction of sp³-hybridized carbons (Fsp3) is 0.0417. The van der Waals surface area contributed by atoms with Crippen LogP contribution in [0.25, 0.3) is 6.08 Å². The number of hydrogen-bond acceptors (Lipinski definition) is 3. The first-order valence-electron chi connectivity index (χ1n) is 9.63. The van der Waals surface area contributed by atoms with Crippen LogP contribution in [-0.4, -0.2) is 17.8 Å². The minimum Gasteiger partial charge on any atom is -0.273 e. The number of hydrogen-bond donors (Lipinski definition) is 1. The number of urea groups is 1. The molecular weight excluding hydrogens is 490 g/mol. The summed E-state index contributed by atoms with van der Waals surface area (Å²) in [7, 11) is 0. The van der Waals surface area contributed by atoms with Crippen molar-refractivity contribution in [1.82, 2.24) is 5.32 Å². The van der Waals surface area contributed by atoms with Crippen LogP contribution in [0.1, 0.15) is 16.7 Å². The van der Waals surface area contributed by atoms with E-state index in [0.29, 0.717) is 21.7 Å². The number of carbonyl (C=O) groups excluding carboxylic acids is 3. The maximum Gasteiger partial charge on any atom is 0.335 e. The van der Waals surface area contributed by atoms with E-state index in [4.69, 9.17) is 34.8 Å². The molecule has 0 atom stereocenters. The normalized spacial score (nSPS) is 15.2. The average Bonchev–Trinajstić information content (AvgIpc) is 2.76. The fourth-order valence-corrected chi connectivity index (χ4v) is 3.87. The highest BCUT2D eigenvalue weighted by Gasteiger charge is 2.37. The molecule has 1 heterocycles. The standard InChI is InChI=1S/C24H14Cl3FN2O3/c25-18-8-7-16(12-20(18)27)30-23(32)17(22(31)29-24(30)33)9-13-5-6-14(19(26)10-13)11-15-3-1-2-4-21(15)28/h1-10,12H,11H2,(H,29,31,33)/b17-9+. The summed E-state index contributed by atoms with van der Waals surface area (Å²) < 4.78 is 14.0. The van der Waals surface area contributed by atoms with Crippen molar-refractivity contribution < 1.29 is 18.8 Å². The molecular formula is C24H14Cl3FN2O3. The second-order valence-corrected chi connectivity index (χ2v) is 8.40. The van der Waals surface area contributed by atoms with Crippen molar-refractivity contribution in [3.05, 3.63) is 104 Å². The molecule has 33 heavy (non-hydrogen) atoms. The van der Waals surface area contributed by atoms with E-state index in [9.17, 15) is 18.8 Å². The van der Waals surface area contributed by atoms with Crippen LogP contribution in [0.3, 0.4) is 0 Å². The van der Waals surface area contributed by atoms with Crippen LogP contribution in [0.15, 0.2) is 66.2 Å². The Labute approximate surface area is 203 Å². The third-order valence-corrected chi connectivity index (χ3v) is 6.08. The van der Waals surface area contributed by atoms with Gasteiger partial charge in [0.25, 0.3) is 11.8 Å². The number of carbonyl (C=O) groups is 3. The van der Waals surface area contributed by atoms with E-state index in [-0.39, 0.29) is 33.5 Å². The Balaban J connectivity index is 1.64. The molecule has 4 amide bonds. The van der Waals surface area contributed by atoms with Crippen LogP contribution >= 0.6 is 34.8 Å². The van der Waals surface area contributed by atoms with Gasteiger partial charge in [-0.05, 0) is 53.1 Å². The Morgan fingerprint density at radius 2 is 1.61 bits per heavy atom. The second kappa shape index (κ2) is 9.35. The number of nitrogens with one attached hydrogen (secondary N) is 1. The zero-order chi connectivity index (χ0) is 23.7. The van der Waals surface area contributed by atoms with Gasteiger partial charge in [-0.25, -0.2) is 14.1 Å². The van der Waals surface area contributed by atoms with Gasteiger partial charge in [0.2, 0.25) is 0 Å². The first kappa shape index (κ1) is 23.0. The molecule has 9 heteroatoms. The number of amides is 4. The number of anilines is 1. The zero-order valence-corrected chi connectivity index (χ0v) is 19.0. The van der Waals surface area contributed by atoms with Crippen molar-refractivity contribution in [1.29, 1.82) is 0 Å². The zero-order valence-electron chi connectivity index (χ0n) is 16.7. The first-order chi connectivity index (χ1) is 15.7. The van der Waals surface area contributed by atoms with Gasteiger partial charge >= 0.3 is 6.03 Å². The van der Waals surface area contributed by atoms with Crippen LogP contribution in [0.5, 0.6) is 0 Å². The molecule has 0 aromatic heterocycles. The van der Waals surface area contributed by atoms with E-state index in [2.05, 4.69) is 5.32 Å². The molecule has 0 unspecified atom stereocenters. The van der Waals surface area contributed by atoms with Crippen LogP contribution in [0.2, 0.25) is 15.1 Å². The molecule has 1 fully saturated rings. The van der Waals surface area contributed by atoms with Crippen molar-refractivity contribution >= 4 is 64.4 Å². The molecule has 1 aliphatic heterocycles. The maximum atomic E-state index is 14.0. The van der Waals surface area contributed by atoms with E-state index >= 15 is 0 Å². The summed E-state index contributed by atoms with van der Waals surface area (Å²) >= 11 is 18.3.